The third-order valence-electron chi connectivity index (χ3n) is 5.07. The molecule has 0 heterocycles. The first kappa shape index (κ1) is 21.7. The van der Waals surface area contributed by atoms with E-state index in [0.29, 0.717) is 0 Å². The van der Waals surface area contributed by atoms with E-state index in [1.165, 1.54) is 89.2 Å². The van der Waals surface area contributed by atoms with Gasteiger partial charge in [-0.1, -0.05) is 84.0 Å². The number of nitrogens with zero attached hydrogens (tertiary/aromatic N) is 1. The Morgan fingerprint density at radius 3 is 1.60 bits per heavy atom. The fourth-order valence-corrected chi connectivity index (χ4v) is 3.30. The summed E-state index contributed by atoms with van der Waals surface area (Å²) in [4.78, 5) is 13.0. The van der Waals surface area contributed by atoms with Crippen LogP contribution in [-0.2, 0) is 0 Å². The van der Waals surface area contributed by atoms with Crippen LogP contribution in [0.25, 0.3) is 0 Å². The maximum Gasteiger partial charge on any atom is 0.150 e. The fraction of sp³-hybridized carbons (Fsp3) is 0.696. The van der Waals surface area contributed by atoms with Gasteiger partial charge >= 0.3 is 0 Å². The Morgan fingerprint density at radius 2 is 1.16 bits per heavy atom. The lowest BCUT2D eigenvalue weighted by molar-refractivity contribution is 0.112. The van der Waals surface area contributed by atoms with E-state index in [0.717, 1.165) is 18.4 Å². The van der Waals surface area contributed by atoms with E-state index in [-0.39, 0.29) is 0 Å². The van der Waals surface area contributed by atoms with Gasteiger partial charge in [0.25, 0.3) is 0 Å². The number of aldehydes is 1. The molecule has 0 bridgehead atoms. The summed E-state index contributed by atoms with van der Waals surface area (Å²) in [5.41, 5.74) is 1.95. The molecule has 1 aromatic carbocycles. The van der Waals surface area contributed by atoms with Crippen molar-refractivity contribution < 1.29 is 4.79 Å². The highest BCUT2D eigenvalue weighted by atomic mass is 16.1. The van der Waals surface area contributed by atoms with E-state index < -0.39 is 0 Å². The summed E-state index contributed by atoms with van der Waals surface area (Å²) in [6.07, 6.45) is 19.1. The standard InChI is InChI=1S/C23H39NO/c1-3-4-5-6-7-8-9-10-11-12-13-14-15-20-24(2)23-18-16-22(21-25)17-19-23/h16-19,21H,3-15,20H2,1-2H3. The van der Waals surface area contributed by atoms with Gasteiger partial charge in [0, 0.05) is 24.8 Å². The van der Waals surface area contributed by atoms with E-state index in [9.17, 15) is 4.79 Å². The van der Waals surface area contributed by atoms with Crippen LogP contribution >= 0.6 is 0 Å². The quantitative estimate of drug-likeness (QED) is 0.237. The van der Waals surface area contributed by atoms with Crippen molar-refractivity contribution in [3.05, 3.63) is 29.8 Å². The van der Waals surface area contributed by atoms with Crippen LogP contribution in [0.1, 0.15) is 101 Å². The highest BCUT2D eigenvalue weighted by Crippen LogP contribution is 2.15. The van der Waals surface area contributed by atoms with Crippen LogP contribution in [0.3, 0.4) is 0 Å². The molecule has 0 fully saturated rings. The predicted octanol–water partition coefficient (Wildman–Crippen LogP) is 7.03. The second-order valence-electron chi connectivity index (χ2n) is 7.37. The first-order valence-electron chi connectivity index (χ1n) is 10.5. The molecular weight excluding hydrogens is 306 g/mol. The smallest absolute Gasteiger partial charge is 0.150 e. The van der Waals surface area contributed by atoms with Crippen molar-refractivity contribution in [3.8, 4) is 0 Å². The molecule has 0 atom stereocenters. The van der Waals surface area contributed by atoms with E-state index in [4.69, 9.17) is 0 Å². The third kappa shape index (κ3) is 11.0. The topological polar surface area (TPSA) is 20.3 Å². The van der Waals surface area contributed by atoms with Gasteiger partial charge in [-0.15, -0.1) is 0 Å². The highest BCUT2D eigenvalue weighted by molar-refractivity contribution is 5.75. The van der Waals surface area contributed by atoms with Gasteiger partial charge in [0.15, 0.2) is 0 Å². The molecule has 0 saturated heterocycles. The van der Waals surface area contributed by atoms with E-state index in [2.05, 4.69) is 18.9 Å². The van der Waals surface area contributed by atoms with Gasteiger partial charge in [-0.25, -0.2) is 0 Å². The number of rotatable bonds is 16. The lowest BCUT2D eigenvalue weighted by atomic mass is 10.0. The number of hydrogen-bond donors (Lipinski definition) is 0. The molecule has 0 N–H and O–H groups in total. The Kier molecular flexibility index (Phi) is 13.0. The monoisotopic (exact) mass is 345 g/mol. The van der Waals surface area contributed by atoms with Crippen molar-refractivity contribution in [2.45, 2.75) is 90.4 Å². The average Bonchev–Trinajstić information content (AvgIpc) is 2.65. The largest absolute Gasteiger partial charge is 0.375 e. The first-order chi connectivity index (χ1) is 12.3. The maximum atomic E-state index is 10.7. The van der Waals surface area contributed by atoms with Crippen molar-refractivity contribution in [2.75, 3.05) is 18.5 Å². The van der Waals surface area contributed by atoms with E-state index in [1.54, 1.807) is 0 Å². The minimum absolute atomic E-state index is 0.748. The second kappa shape index (κ2) is 15.0. The van der Waals surface area contributed by atoms with Crippen LogP contribution < -0.4 is 4.90 Å². The zero-order valence-corrected chi connectivity index (χ0v) is 16.6. The van der Waals surface area contributed by atoms with Crippen molar-refractivity contribution in [1.29, 1.82) is 0 Å². The lowest BCUT2D eigenvalue weighted by Crippen LogP contribution is -2.18. The van der Waals surface area contributed by atoms with Crippen molar-refractivity contribution in [1.82, 2.24) is 0 Å². The Balaban J connectivity index is 1.90. The summed E-state index contributed by atoms with van der Waals surface area (Å²) in [5.74, 6) is 0. The maximum absolute atomic E-state index is 10.7. The number of carbonyl (C=O) groups is 1. The van der Waals surface area contributed by atoms with Crippen LogP contribution in [0.2, 0.25) is 0 Å². The van der Waals surface area contributed by atoms with Gasteiger partial charge in [0.05, 0.1) is 0 Å². The van der Waals surface area contributed by atoms with Crippen LogP contribution in [0, 0.1) is 0 Å². The Bertz CT molecular complexity index is 426. The summed E-state index contributed by atoms with van der Waals surface area (Å²) in [5, 5.41) is 0. The lowest BCUT2D eigenvalue weighted by Gasteiger charge is -2.19. The summed E-state index contributed by atoms with van der Waals surface area (Å²) in [6.45, 7) is 3.38. The van der Waals surface area contributed by atoms with Gasteiger partial charge in [-0.05, 0) is 30.7 Å². The summed E-state index contributed by atoms with van der Waals surface area (Å²) < 4.78 is 0. The zero-order chi connectivity index (χ0) is 18.2. The summed E-state index contributed by atoms with van der Waals surface area (Å²) >= 11 is 0. The summed E-state index contributed by atoms with van der Waals surface area (Å²) in [7, 11) is 2.14. The Labute approximate surface area is 156 Å². The molecule has 0 spiro atoms. The zero-order valence-electron chi connectivity index (χ0n) is 16.6. The van der Waals surface area contributed by atoms with Crippen molar-refractivity contribution >= 4 is 12.0 Å². The molecule has 0 radical (unpaired) electrons. The molecular formula is C23H39NO. The normalized spacial score (nSPS) is 10.8. The molecule has 0 aliphatic carbocycles. The molecule has 142 valence electrons. The van der Waals surface area contributed by atoms with E-state index >= 15 is 0 Å². The third-order valence-corrected chi connectivity index (χ3v) is 5.07. The van der Waals surface area contributed by atoms with Gasteiger partial charge < -0.3 is 4.90 Å². The molecule has 0 aliphatic heterocycles. The molecule has 0 aromatic heterocycles. The molecule has 1 rings (SSSR count). The van der Waals surface area contributed by atoms with E-state index in [1.807, 2.05) is 24.3 Å². The van der Waals surface area contributed by atoms with Crippen molar-refractivity contribution in [3.63, 3.8) is 0 Å². The molecule has 0 saturated carbocycles. The number of carbonyl (C=O) groups excluding carboxylic acids is 1. The Hall–Kier alpha value is -1.31. The number of benzene rings is 1. The molecule has 25 heavy (non-hydrogen) atoms. The van der Waals surface area contributed by atoms with Crippen LogP contribution in [0.5, 0.6) is 0 Å². The van der Waals surface area contributed by atoms with Crippen LogP contribution in [0.4, 0.5) is 5.69 Å². The molecule has 2 heteroatoms. The molecule has 0 unspecified atom stereocenters. The first-order valence-corrected chi connectivity index (χ1v) is 10.5. The predicted molar refractivity (Wildman–Crippen MR) is 111 cm³/mol. The minimum atomic E-state index is 0.748. The minimum Gasteiger partial charge on any atom is -0.375 e. The number of unbranched alkanes of at least 4 members (excludes halogenated alkanes) is 12. The van der Waals surface area contributed by atoms with Gasteiger partial charge in [-0.3, -0.25) is 4.79 Å². The Morgan fingerprint density at radius 1 is 0.720 bits per heavy atom. The molecule has 1 aromatic rings. The highest BCUT2D eigenvalue weighted by Gasteiger charge is 2.01. The van der Waals surface area contributed by atoms with Gasteiger partial charge in [0.2, 0.25) is 0 Å². The summed E-state index contributed by atoms with van der Waals surface area (Å²) in [6, 6.07) is 7.85. The van der Waals surface area contributed by atoms with Crippen LogP contribution in [0.15, 0.2) is 24.3 Å². The van der Waals surface area contributed by atoms with Gasteiger partial charge in [0.1, 0.15) is 6.29 Å². The molecule has 0 amide bonds. The molecule has 0 aliphatic rings. The van der Waals surface area contributed by atoms with Crippen LogP contribution in [-0.4, -0.2) is 19.9 Å². The SMILES string of the molecule is CCCCCCCCCCCCCCCN(C)c1ccc(C=O)cc1. The van der Waals surface area contributed by atoms with Crippen molar-refractivity contribution in [2.24, 2.45) is 0 Å². The molecule has 2 nitrogen and oxygen atoms in total. The fourth-order valence-electron chi connectivity index (χ4n) is 3.30. The average molecular weight is 346 g/mol. The second-order valence-corrected chi connectivity index (χ2v) is 7.37. The number of hydrogen-bond acceptors (Lipinski definition) is 2. The van der Waals surface area contributed by atoms with Gasteiger partial charge in [-0.2, -0.15) is 0 Å². The number of anilines is 1.